The van der Waals surface area contributed by atoms with Gasteiger partial charge >= 0.3 is 0 Å². The first-order chi connectivity index (χ1) is 15.2. The lowest BCUT2D eigenvalue weighted by Gasteiger charge is -2.11. The van der Waals surface area contributed by atoms with Crippen LogP contribution in [0.3, 0.4) is 0 Å². The predicted molar refractivity (Wildman–Crippen MR) is 123 cm³/mol. The maximum Gasteiger partial charge on any atom is 0.252 e. The molecule has 0 spiro atoms. The van der Waals surface area contributed by atoms with Crippen LogP contribution in [0.2, 0.25) is 0 Å². The van der Waals surface area contributed by atoms with E-state index in [1.54, 1.807) is 19.6 Å². The Kier molecular flexibility index (Phi) is 6.24. The molecule has 5 nitrogen and oxygen atoms in total. The van der Waals surface area contributed by atoms with Gasteiger partial charge in [0.25, 0.3) is 5.91 Å². The number of carbonyl (C=O) groups excluding carboxylic acids is 1. The van der Waals surface area contributed by atoms with E-state index in [4.69, 9.17) is 4.74 Å². The summed E-state index contributed by atoms with van der Waals surface area (Å²) in [6.45, 7) is 0.440. The number of methoxy groups -OCH3 is 1. The van der Waals surface area contributed by atoms with Crippen LogP contribution in [0.1, 0.15) is 16.7 Å². The van der Waals surface area contributed by atoms with Gasteiger partial charge in [-0.25, -0.2) is 4.98 Å². The second-order valence-electron chi connectivity index (χ2n) is 7.02. The van der Waals surface area contributed by atoms with Crippen molar-refractivity contribution in [2.45, 2.75) is 6.54 Å². The van der Waals surface area contributed by atoms with Crippen LogP contribution in [-0.4, -0.2) is 22.6 Å². The highest BCUT2D eigenvalue weighted by Gasteiger charge is 2.12. The Morgan fingerprint density at radius 2 is 1.74 bits per heavy atom. The Hall–Kier alpha value is -4.12. The number of imidazole rings is 1. The number of rotatable bonds is 7. The molecule has 1 amide bonds. The molecule has 0 aliphatic rings. The quantitative estimate of drug-likeness (QED) is 0.354. The zero-order valence-electron chi connectivity index (χ0n) is 17.2. The van der Waals surface area contributed by atoms with E-state index in [2.05, 4.69) is 10.3 Å². The lowest BCUT2D eigenvalue weighted by Crippen LogP contribution is -2.23. The summed E-state index contributed by atoms with van der Waals surface area (Å²) in [7, 11) is 1.63. The Balaban J connectivity index is 1.51. The summed E-state index contributed by atoms with van der Waals surface area (Å²) in [5.74, 6) is 0.655. The van der Waals surface area contributed by atoms with E-state index in [0.29, 0.717) is 12.1 Å². The number of ether oxygens (including phenoxy) is 1. The number of aromatic nitrogens is 2. The fourth-order valence-electron chi connectivity index (χ4n) is 3.24. The predicted octanol–water partition coefficient (Wildman–Crippen LogP) is 4.74. The Morgan fingerprint density at radius 1 is 1.00 bits per heavy atom. The monoisotopic (exact) mass is 409 g/mol. The van der Waals surface area contributed by atoms with Crippen LogP contribution < -0.4 is 10.1 Å². The van der Waals surface area contributed by atoms with Crippen LogP contribution in [-0.2, 0) is 11.3 Å². The number of hydrogen-bond donors (Lipinski definition) is 1. The normalized spacial score (nSPS) is 11.2. The zero-order chi connectivity index (χ0) is 21.5. The van der Waals surface area contributed by atoms with Gasteiger partial charge in [0.05, 0.1) is 13.4 Å². The minimum absolute atomic E-state index is 0.124. The molecular weight excluding hydrogens is 386 g/mol. The molecule has 1 heterocycles. The van der Waals surface area contributed by atoms with Gasteiger partial charge in [0.2, 0.25) is 0 Å². The Labute approximate surface area is 181 Å². The average molecular weight is 409 g/mol. The summed E-state index contributed by atoms with van der Waals surface area (Å²) < 4.78 is 7.16. The van der Waals surface area contributed by atoms with E-state index in [1.165, 1.54) is 0 Å². The van der Waals surface area contributed by atoms with Crippen LogP contribution >= 0.6 is 0 Å². The SMILES string of the molecule is COc1ccc(/C=C(/C(=O)NCc2ccc(-n3ccnc3)cc2)c2ccccc2)cc1. The number of amides is 1. The van der Waals surface area contributed by atoms with Gasteiger partial charge in [-0.15, -0.1) is 0 Å². The first-order valence-electron chi connectivity index (χ1n) is 9.99. The second-order valence-corrected chi connectivity index (χ2v) is 7.02. The molecule has 0 bridgehead atoms. The van der Waals surface area contributed by atoms with Crippen molar-refractivity contribution in [2.75, 3.05) is 7.11 Å². The van der Waals surface area contributed by atoms with Crippen molar-refractivity contribution in [1.29, 1.82) is 0 Å². The molecule has 0 fully saturated rings. The molecule has 0 radical (unpaired) electrons. The van der Waals surface area contributed by atoms with Crippen molar-refractivity contribution in [3.63, 3.8) is 0 Å². The molecule has 4 rings (SSSR count). The lowest BCUT2D eigenvalue weighted by molar-refractivity contribution is -0.115. The molecule has 4 aromatic rings. The third kappa shape index (κ3) is 5.08. The van der Waals surface area contributed by atoms with E-state index in [9.17, 15) is 4.79 Å². The van der Waals surface area contributed by atoms with Crippen LogP contribution in [0.5, 0.6) is 5.75 Å². The topological polar surface area (TPSA) is 56.1 Å². The van der Waals surface area contributed by atoms with E-state index < -0.39 is 0 Å². The lowest BCUT2D eigenvalue weighted by atomic mass is 10.0. The van der Waals surface area contributed by atoms with E-state index in [1.807, 2.05) is 95.7 Å². The molecular formula is C26H23N3O2. The van der Waals surface area contributed by atoms with Gasteiger partial charge in [-0.3, -0.25) is 4.79 Å². The van der Waals surface area contributed by atoms with Gasteiger partial charge in [0.15, 0.2) is 0 Å². The van der Waals surface area contributed by atoms with Crippen molar-refractivity contribution < 1.29 is 9.53 Å². The van der Waals surface area contributed by atoms with Gasteiger partial charge in [-0.05, 0) is 47.0 Å². The standard InChI is InChI=1S/C26H23N3O2/c1-31-24-13-9-20(10-14-24)17-25(22-5-3-2-4-6-22)26(30)28-18-21-7-11-23(12-8-21)29-16-15-27-19-29/h2-17,19H,18H2,1H3,(H,28,30)/b25-17+. The Bertz CT molecular complexity index is 1150. The summed E-state index contributed by atoms with van der Waals surface area (Å²) in [5, 5.41) is 3.04. The highest BCUT2D eigenvalue weighted by atomic mass is 16.5. The first kappa shape index (κ1) is 20.2. The van der Waals surface area contributed by atoms with Gasteiger partial charge in [-0.1, -0.05) is 54.6 Å². The van der Waals surface area contributed by atoms with Crippen LogP contribution in [0.4, 0.5) is 0 Å². The minimum Gasteiger partial charge on any atom is -0.497 e. The maximum absolute atomic E-state index is 13.1. The smallest absolute Gasteiger partial charge is 0.252 e. The molecule has 5 heteroatoms. The molecule has 1 N–H and O–H groups in total. The summed E-state index contributed by atoms with van der Waals surface area (Å²) in [4.78, 5) is 17.1. The second kappa shape index (κ2) is 9.59. The Morgan fingerprint density at radius 3 is 2.39 bits per heavy atom. The summed E-state index contributed by atoms with van der Waals surface area (Å²) in [6, 6.07) is 25.3. The van der Waals surface area contributed by atoms with Crippen molar-refractivity contribution in [3.05, 3.63) is 114 Å². The first-order valence-corrected chi connectivity index (χ1v) is 9.99. The van der Waals surface area contributed by atoms with Gasteiger partial charge < -0.3 is 14.6 Å². The van der Waals surface area contributed by atoms with Gasteiger partial charge in [0.1, 0.15) is 5.75 Å². The zero-order valence-corrected chi connectivity index (χ0v) is 17.2. The van der Waals surface area contributed by atoms with E-state index in [-0.39, 0.29) is 5.91 Å². The molecule has 0 saturated heterocycles. The minimum atomic E-state index is -0.124. The molecule has 154 valence electrons. The van der Waals surface area contributed by atoms with Crippen molar-refractivity contribution in [3.8, 4) is 11.4 Å². The number of benzene rings is 3. The van der Waals surface area contributed by atoms with Crippen molar-refractivity contribution in [2.24, 2.45) is 0 Å². The molecule has 3 aromatic carbocycles. The third-order valence-corrected chi connectivity index (χ3v) is 4.95. The van der Waals surface area contributed by atoms with Gasteiger partial charge in [0, 0.05) is 30.2 Å². The summed E-state index contributed by atoms with van der Waals surface area (Å²) in [5.41, 5.74) is 4.46. The number of hydrogen-bond acceptors (Lipinski definition) is 3. The maximum atomic E-state index is 13.1. The number of carbonyl (C=O) groups is 1. The molecule has 31 heavy (non-hydrogen) atoms. The highest BCUT2D eigenvalue weighted by molar-refractivity contribution is 6.24. The largest absolute Gasteiger partial charge is 0.497 e. The number of nitrogens with one attached hydrogen (secondary N) is 1. The average Bonchev–Trinajstić information content (AvgIpc) is 3.37. The van der Waals surface area contributed by atoms with Gasteiger partial charge in [-0.2, -0.15) is 0 Å². The van der Waals surface area contributed by atoms with Crippen molar-refractivity contribution >= 4 is 17.6 Å². The van der Waals surface area contributed by atoms with Crippen LogP contribution in [0.15, 0.2) is 97.6 Å². The number of nitrogens with zero attached hydrogens (tertiary/aromatic N) is 2. The summed E-state index contributed by atoms with van der Waals surface area (Å²) >= 11 is 0. The third-order valence-electron chi connectivity index (χ3n) is 4.95. The van der Waals surface area contributed by atoms with E-state index >= 15 is 0 Å². The molecule has 0 aliphatic carbocycles. The fourth-order valence-corrected chi connectivity index (χ4v) is 3.24. The highest BCUT2D eigenvalue weighted by Crippen LogP contribution is 2.21. The molecule has 1 aromatic heterocycles. The molecule has 0 unspecified atom stereocenters. The molecule has 0 aliphatic heterocycles. The van der Waals surface area contributed by atoms with E-state index in [0.717, 1.165) is 28.1 Å². The van der Waals surface area contributed by atoms with Crippen LogP contribution in [0.25, 0.3) is 17.3 Å². The summed E-state index contributed by atoms with van der Waals surface area (Å²) in [6.07, 6.45) is 7.29. The molecule has 0 saturated carbocycles. The van der Waals surface area contributed by atoms with Crippen LogP contribution in [0, 0.1) is 0 Å². The fraction of sp³-hybridized carbons (Fsp3) is 0.0769. The van der Waals surface area contributed by atoms with Crippen molar-refractivity contribution in [1.82, 2.24) is 14.9 Å². The molecule has 0 atom stereocenters.